The molecule has 9 heteroatoms. The molecule has 0 saturated carbocycles. The molecule has 0 spiro atoms. The van der Waals surface area contributed by atoms with Crippen LogP contribution in [-0.2, 0) is 30.6 Å². The molecule has 0 aliphatic carbocycles. The van der Waals surface area contributed by atoms with E-state index in [0.717, 1.165) is 15.2 Å². The van der Waals surface area contributed by atoms with Gasteiger partial charge < -0.3 is 10.1 Å². The lowest BCUT2D eigenvalue weighted by Crippen LogP contribution is -2.38. The number of nitrogens with one attached hydrogen (secondary N) is 1. The molecular weight excluding hydrogens is 376 g/mol. The van der Waals surface area contributed by atoms with Crippen LogP contribution >= 0.6 is 11.3 Å². The standard InChI is InChI=1S/C17H20N2O5S2/c20-15(18-12-8-9-26(22,23)11-12)10-24-17(21)7-3-6-16-19-13-4-1-2-5-14(13)25-16/h1-2,4-5,12H,3,6-11H2,(H,18,20)/t12-/m1/s1. The topological polar surface area (TPSA) is 102 Å². The SMILES string of the molecule is O=C(COC(=O)CCCc1nc2ccccc2s1)N[C@@H]1CCS(=O)(=O)C1. The van der Waals surface area contributed by atoms with Gasteiger partial charge in [-0.15, -0.1) is 11.3 Å². The van der Waals surface area contributed by atoms with Gasteiger partial charge in [-0.25, -0.2) is 13.4 Å². The second-order valence-corrected chi connectivity index (χ2v) is 9.60. The molecular formula is C17H20N2O5S2. The molecule has 7 nitrogen and oxygen atoms in total. The molecule has 0 unspecified atom stereocenters. The Hall–Kier alpha value is -2.00. The first kappa shape index (κ1) is 18.8. The molecule has 2 aromatic rings. The van der Waals surface area contributed by atoms with Gasteiger partial charge in [-0.2, -0.15) is 0 Å². The Bertz CT molecular complexity index is 874. The highest BCUT2D eigenvalue weighted by atomic mass is 32.2. The van der Waals surface area contributed by atoms with Crippen molar-refractivity contribution in [3.05, 3.63) is 29.3 Å². The van der Waals surface area contributed by atoms with Gasteiger partial charge in [-0.1, -0.05) is 12.1 Å². The Balaban J connectivity index is 1.34. The summed E-state index contributed by atoms with van der Waals surface area (Å²) in [6.07, 6.45) is 1.90. The molecule has 1 fully saturated rings. The highest BCUT2D eigenvalue weighted by molar-refractivity contribution is 7.91. The first-order valence-corrected chi connectivity index (χ1v) is 11.0. The second-order valence-electron chi connectivity index (χ2n) is 6.26. The number of ether oxygens (including phenoxy) is 1. The van der Waals surface area contributed by atoms with Crippen molar-refractivity contribution in [2.45, 2.75) is 31.7 Å². The number of benzene rings is 1. The molecule has 26 heavy (non-hydrogen) atoms. The van der Waals surface area contributed by atoms with Crippen LogP contribution in [0.2, 0.25) is 0 Å². The summed E-state index contributed by atoms with van der Waals surface area (Å²) in [5.74, 6) is -0.870. The number of nitrogens with zero attached hydrogens (tertiary/aromatic N) is 1. The number of carbonyl (C=O) groups excluding carboxylic acids is 2. The van der Waals surface area contributed by atoms with Crippen LogP contribution in [0.15, 0.2) is 24.3 Å². The fraction of sp³-hybridized carbons (Fsp3) is 0.471. The van der Waals surface area contributed by atoms with Gasteiger partial charge >= 0.3 is 5.97 Å². The summed E-state index contributed by atoms with van der Waals surface area (Å²) in [5, 5.41) is 3.55. The highest BCUT2D eigenvalue weighted by Crippen LogP contribution is 2.22. The molecule has 3 rings (SSSR count). The zero-order chi connectivity index (χ0) is 18.6. The molecule has 1 saturated heterocycles. The van der Waals surface area contributed by atoms with E-state index in [9.17, 15) is 18.0 Å². The monoisotopic (exact) mass is 396 g/mol. The van der Waals surface area contributed by atoms with Gasteiger partial charge in [-0.3, -0.25) is 9.59 Å². The van der Waals surface area contributed by atoms with Crippen molar-refractivity contribution in [3.8, 4) is 0 Å². The van der Waals surface area contributed by atoms with Gasteiger partial charge in [0, 0.05) is 12.5 Å². The summed E-state index contributed by atoms with van der Waals surface area (Å²) < 4.78 is 28.7. The fourth-order valence-electron chi connectivity index (χ4n) is 2.81. The van der Waals surface area contributed by atoms with Crippen LogP contribution in [0.3, 0.4) is 0 Å². The Morgan fingerprint density at radius 1 is 1.31 bits per heavy atom. The van der Waals surface area contributed by atoms with E-state index in [-0.39, 0.29) is 30.6 Å². The molecule has 2 heterocycles. The maximum atomic E-state index is 11.7. The molecule has 0 radical (unpaired) electrons. The van der Waals surface area contributed by atoms with Crippen LogP contribution in [0.25, 0.3) is 10.2 Å². The number of fused-ring (bicyclic) bond motifs is 1. The van der Waals surface area contributed by atoms with Crippen LogP contribution in [0.5, 0.6) is 0 Å². The van der Waals surface area contributed by atoms with Crippen molar-refractivity contribution in [1.29, 1.82) is 0 Å². The average molecular weight is 396 g/mol. The summed E-state index contributed by atoms with van der Waals surface area (Å²) >= 11 is 1.61. The smallest absolute Gasteiger partial charge is 0.306 e. The summed E-state index contributed by atoms with van der Waals surface area (Å²) in [6, 6.07) is 7.49. The van der Waals surface area contributed by atoms with E-state index >= 15 is 0 Å². The van der Waals surface area contributed by atoms with Crippen molar-refractivity contribution < 1.29 is 22.7 Å². The van der Waals surface area contributed by atoms with Crippen molar-refractivity contribution >= 4 is 43.3 Å². The van der Waals surface area contributed by atoms with Crippen molar-refractivity contribution in [2.24, 2.45) is 0 Å². The van der Waals surface area contributed by atoms with Crippen LogP contribution < -0.4 is 5.32 Å². The summed E-state index contributed by atoms with van der Waals surface area (Å²) in [6.45, 7) is -0.378. The molecule has 1 N–H and O–H groups in total. The second kappa shape index (κ2) is 8.13. The number of aromatic nitrogens is 1. The molecule has 1 atom stereocenters. The van der Waals surface area contributed by atoms with E-state index in [2.05, 4.69) is 10.3 Å². The van der Waals surface area contributed by atoms with Gasteiger partial charge in [0.1, 0.15) is 0 Å². The van der Waals surface area contributed by atoms with E-state index in [0.29, 0.717) is 19.3 Å². The van der Waals surface area contributed by atoms with Gasteiger partial charge in [0.2, 0.25) is 0 Å². The van der Waals surface area contributed by atoms with Crippen LogP contribution in [0.1, 0.15) is 24.3 Å². The van der Waals surface area contributed by atoms with Gasteiger partial charge in [0.25, 0.3) is 5.91 Å². The predicted octanol–water partition coefficient (Wildman–Crippen LogP) is 1.47. The van der Waals surface area contributed by atoms with Crippen LogP contribution in [-0.4, -0.2) is 49.4 Å². The van der Waals surface area contributed by atoms with E-state index in [4.69, 9.17) is 4.74 Å². The van der Waals surface area contributed by atoms with E-state index in [1.807, 2.05) is 24.3 Å². The lowest BCUT2D eigenvalue weighted by molar-refractivity contribution is -0.148. The number of amides is 1. The van der Waals surface area contributed by atoms with E-state index in [1.165, 1.54) is 0 Å². The van der Waals surface area contributed by atoms with Gasteiger partial charge in [0.05, 0.1) is 26.7 Å². The first-order valence-electron chi connectivity index (χ1n) is 8.41. The maximum Gasteiger partial charge on any atom is 0.306 e. The number of para-hydroxylation sites is 1. The molecule has 140 valence electrons. The van der Waals surface area contributed by atoms with E-state index in [1.54, 1.807) is 11.3 Å². The minimum absolute atomic E-state index is 0.0468. The summed E-state index contributed by atoms with van der Waals surface area (Å²) in [7, 11) is -3.05. The predicted molar refractivity (Wildman–Crippen MR) is 98.7 cm³/mol. The molecule has 1 amide bonds. The van der Waals surface area contributed by atoms with Crippen molar-refractivity contribution in [2.75, 3.05) is 18.1 Å². The molecule has 1 aliphatic heterocycles. The number of aryl methyl sites for hydroxylation is 1. The fourth-order valence-corrected chi connectivity index (χ4v) is 5.49. The molecule has 1 aliphatic rings. The lowest BCUT2D eigenvalue weighted by atomic mass is 10.2. The molecule has 0 bridgehead atoms. The normalized spacial score (nSPS) is 18.7. The summed E-state index contributed by atoms with van der Waals surface area (Å²) in [5.41, 5.74) is 0.959. The average Bonchev–Trinajstić information content (AvgIpc) is 3.15. The quantitative estimate of drug-likeness (QED) is 0.711. The highest BCUT2D eigenvalue weighted by Gasteiger charge is 2.28. The summed E-state index contributed by atoms with van der Waals surface area (Å²) in [4.78, 5) is 28.0. The third kappa shape index (κ3) is 5.25. The zero-order valence-electron chi connectivity index (χ0n) is 14.1. The minimum Gasteiger partial charge on any atom is -0.456 e. The number of hydrogen-bond acceptors (Lipinski definition) is 7. The number of carbonyl (C=O) groups is 2. The number of sulfone groups is 1. The first-order chi connectivity index (χ1) is 12.4. The third-order valence-electron chi connectivity index (χ3n) is 4.07. The van der Waals surface area contributed by atoms with Gasteiger partial charge in [0.15, 0.2) is 16.4 Å². The Morgan fingerprint density at radius 3 is 2.85 bits per heavy atom. The Kier molecular flexibility index (Phi) is 5.87. The van der Waals surface area contributed by atoms with E-state index < -0.39 is 21.7 Å². The minimum atomic E-state index is -3.05. The van der Waals surface area contributed by atoms with Crippen LogP contribution in [0, 0.1) is 0 Å². The third-order valence-corrected chi connectivity index (χ3v) is 6.94. The van der Waals surface area contributed by atoms with Gasteiger partial charge in [-0.05, 0) is 31.4 Å². The Morgan fingerprint density at radius 2 is 2.12 bits per heavy atom. The van der Waals surface area contributed by atoms with Crippen LogP contribution in [0.4, 0.5) is 0 Å². The molecule has 1 aromatic carbocycles. The number of esters is 1. The largest absolute Gasteiger partial charge is 0.456 e. The number of rotatable bonds is 7. The van der Waals surface area contributed by atoms with Crippen molar-refractivity contribution in [1.82, 2.24) is 10.3 Å². The lowest BCUT2D eigenvalue weighted by Gasteiger charge is -2.10. The molecule has 1 aromatic heterocycles. The zero-order valence-corrected chi connectivity index (χ0v) is 15.8. The Labute approximate surface area is 155 Å². The number of hydrogen-bond donors (Lipinski definition) is 1. The maximum absolute atomic E-state index is 11.7. The number of thiazole rings is 1. The van der Waals surface area contributed by atoms with Crippen molar-refractivity contribution in [3.63, 3.8) is 0 Å².